The Bertz CT molecular complexity index is 1380. The molecule has 1 N–H and O–H groups in total. The van der Waals surface area contributed by atoms with Gasteiger partial charge in [0.05, 0.1) is 6.04 Å². The average Bonchev–Trinajstić information content (AvgIpc) is 2.82. The summed E-state index contributed by atoms with van der Waals surface area (Å²) in [5.41, 5.74) is 1.87. The maximum absolute atomic E-state index is 14.2. The number of amides is 1. The fourth-order valence-corrected chi connectivity index (χ4v) is 5.41. The quantitative estimate of drug-likeness (QED) is 0.460. The van der Waals surface area contributed by atoms with Gasteiger partial charge < -0.3 is 14.6 Å². The van der Waals surface area contributed by atoms with Gasteiger partial charge in [0.25, 0.3) is 5.91 Å². The number of rotatable bonds is 3. The van der Waals surface area contributed by atoms with Crippen LogP contribution in [0.25, 0.3) is 0 Å². The van der Waals surface area contributed by atoms with Crippen molar-refractivity contribution >= 4 is 29.2 Å². The van der Waals surface area contributed by atoms with Crippen molar-refractivity contribution in [3.05, 3.63) is 87.7 Å². The molecule has 186 valence electrons. The normalized spacial score (nSPS) is 19.1. The number of carbonyl (C=O) groups is 2. The highest BCUT2D eigenvalue weighted by Crippen LogP contribution is 2.48. The molecule has 6 nitrogen and oxygen atoms in total. The van der Waals surface area contributed by atoms with Crippen molar-refractivity contribution in [3.63, 3.8) is 0 Å². The number of halogens is 2. The SMILES string of the molecule is CC(C)(C)c1ccc(N2C(=O)c3cc(F)ccc3C(C(=O)O)C2c2ccc3c(c2)OCCO3)cc1Cl. The summed E-state index contributed by atoms with van der Waals surface area (Å²) in [5.74, 6) is -2.42. The van der Waals surface area contributed by atoms with Crippen LogP contribution in [-0.4, -0.2) is 30.2 Å². The van der Waals surface area contributed by atoms with Gasteiger partial charge in [0.1, 0.15) is 24.9 Å². The van der Waals surface area contributed by atoms with Gasteiger partial charge in [-0.2, -0.15) is 0 Å². The summed E-state index contributed by atoms with van der Waals surface area (Å²) in [6, 6.07) is 13.1. The third-order valence-corrected chi connectivity index (χ3v) is 6.92. The molecule has 8 heteroatoms. The Morgan fingerprint density at radius 1 is 1.03 bits per heavy atom. The molecule has 0 spiro atoms. The number of aliphatic carboxylic acids is 1. The summed E-state index contributed by atoms with van der Waals surface area (Å²) < 4.78 is 25.6. The fourth-order valence-electron chi connectivity index (χ4n) is 4.95. The number of benzene rings is 3. The Morgan fingerprint density at radius 3 is 2.42 bits per heavy atom. The highest BCUT2D eigenvalue weighted by molar-refractivity contribution is 6.32. The lowest BCUT2D eigenvalue weighted by atomic mass is 9.79. The molecule has 2 aliphatic rings. The lowest BCUT2D eigenvalue weighted by Gasteiger charge is -2.41. The molecule has 0 fully saturated rings. The van der Waals surface area contributed by atoms with E-state index in [1.807, 2.05) is 26.8 Å². The van der Waals surface area contributed by atoms with E-state index in [1.54, 1.807) is 30.3 Å². The maximum Gasteiger partial charge on any atom is 0.313 e. The Hall–Kier alpha value is -3.58. The van der Waals surface area contributed by atoms with Gasteiger partial charge in [0, 0.05) is 16.3 Å². The van der Waals surface area contributed by atoms with Gasteiger partial charge in [-0.25, -0.2) is 4.39 Å². The first-order chi connectivity index (χ1) is 17.1. The van der Waals surface area contributed by atoms with Crippen LogP contribution < -0.4 is 14.4 Å². The lowest BCUT2D eigenvalue weighted by molar-refractivity contribution is -0.139. The van der Waals surface area contributed by atoms with E-state index in [0.29, 0.717) is 41.0 Å². The number of carboxylic acid groups (broad SMARTS) is 1. The second kappa shape index (κ2) is 8.82. The van der Waals surface area contributed by atoms with Gasteiger partial charge in [-0.3, -0.25) is 14.5 Å². The second-order valence-corrected chi connectivity index (χ2v) is 10.4. The van der Waals surface area contributed by atoms with Gasteiger partial charge in [0.2, 0.25) is 0 Å². The van der Waals surface area contributed by atoms with Gasteiger partial charge in [-0.05, 0) is 58.5 Å². The Labute approximate surface area is 213 Å². The molecule has 3 aromatic rings. The van der Waals surface area contributed by atoms with E-state index in [0.717, 1.165) is 11.6 Å². The number of hydrogen-bond donors (Lipinski definition) is 1. The molecule has 1 amide bonds. The highest BCUT2D eigenvalue weighted by atomic mass is 35.5. The zero-order valence-electron chi connectivity index (χ0n) is 20.0. The van der Waals surface area contributed by atoms with Crippen molar-refractivity contribution < 1.29 is 28.6 Å². The molecule has 36 heavy (non-hydrogen) atoms. The molecule has 0 aromatic heterocycles. The number of hydrogen-bond acceptors (Lipinski definition) is 4. The van der Waals surface area contributed by atoms with E-state index in [1.165, 1.54) is 17.0 Å². The highest BCUT2D eigenvalue weighted by Gasteiger charge is 2.45. The minimum atomic E-state index is -1.16. The van der Waals surface area contributed by atoms with Crippen molar-refractivity contribution in [3.8, 4) is 11.5 Å². The molecule has 0 aliphatic carbocycles. The zero-order valence-corrected chi connectivity index (χ0v) is 20.8. The van der Waals surface area contributed by atoms with E-state index >= 15 is 0 Å². The molecule has 0 saturated heterocycles. The number of nitrogens with zero attached hydrogens (tertiary/aromatic N) is 1. The molecular weight excluding hydrogens is 485 g/mol. The number of carbonyl (C=O) groups excluding carboxylic acids is 1. The molecule has 2 unspecified atom stereocenters. The van der Waals surface area contributed by atoms with Crippen LogP contribution in [0.3, 0.4) is 0 Å². The Balaban J connectivity index is 1.74. The van der Waals surface area contributed by atoms with Crippen LogP contribution >= 0.6 is 11.6 Å². The monoisotopic (exact) mass is 509 g/mol. The lowest BCUT2D eigenvalue weighted by Crippen LogP contribution is -2.45. The largest absolute Gasteiger partial charge is 0.486 e. The third-order valence-electron chi connectivity index (χ3n) is 6.61. The Morgan fingerprint density at radius 2 is 1.75 bits per heavy atom. The summed E-state index contributed by atoms with van der Waals surface area (Å²) in [6.07, 6.45) is 0. The zero-order chi connectivity index (χ0) is 25.8. The van der Waals surface area contributed by atoms with E-state index in [9.17, 15) is 19.1 Å². The first kappa shape index (κ1) is 24.1. The molecule has 0 saturated carbocycles. The molecule has 3 aromatic carbocycles. The van der Waals surface area contributed by atoms with Crippen LogP contribution in [0, 0.1) is 5.82 Å². The fraction of sp³-hybridized carbons (Fsp3) is 0.286. The summed E-state index contributed by atoms with van der Waals surface area (Å²) in [7, 11) is 0. The predicted octanol–water partition coefficient (Wildman–Crippen LogP) is 6.12. The number of ether oxygens (including phenoxy) is 2. The van der Waals surface area contributed by atoms with Crippen molar-refractivity contribution in [2.45, 2.75) is 38.1 Å². The van der Waals surface area contributed by atoms with Crippen LogP contribution in [0.1, 0.15) is 59.8 Å². The van der Waals surface area contributed by atoms with Crippen molar-refractivity contribution in [2.24, 2.45) is 0 Å². The molecule has 0 bridgehead atoms. The number of anilines is 1. The summed E-state index contributed by atoms with van der Waals surface area (Å²) >= 11 is 6.64. The predicted molar refractivity (Wildman–Crippen MR) is 134 cm³/mol. The summed E-state index contributed by atoms with van der Waals surface area (Å²) in [5, 5.41) is 10.8. The van der Waals surface area contributed by atoms with E-state index in [-0.39, 0.29) is 16.5 Å². The minimum absolute atomic E-state index is 0.00668. The molecule has 5 rings (SSSR count). The molecule has 2 atom stereocenters. The van der Waals surface area contributed by atoms with Crippen molar-refractivity contribution in [2.75, 3.05) is 18.1 Å². The van der Waals surface area contributed by atoms with Crippen LogP contribution in [0.2, 0.25) is 5.02 Å². The first-order valence-electron chi connectivity index (χ1n) is 11.6. The minimum Gasteiger partial charge on any atom is -0.486 e. The van der Waals surface area contributed by atoms with Crippen molar-refractivity contribution in [1.82, 2.24) is 0 Å². The van der Waals surface area contributed by atoms with Crippen molar-refractivity contribution in [1.29, 1.82) is 0 Å². The summed E-state index contributed by atoms with van der Waals surface area (Å²) in [6.45, 7) is 6.85. The number of carboxylic acids is 1. The maximum atomic E-state index is 14.2. The van der Waals surface area contributed by atoms with Crippen LogP contribution in [-0.2, 0) is 10.2 Å². The second-order valence-electron chi connectivity index (χ2n) is 9.98. The van der Waals surface area contributed by atoms with Gasteiger partial charge in [-0.1, -0.05) is 50.6 Å². The van der Waals surface area contributed by atoms with Crippen LogP contribution in [0.4, 0.5) is 10.1 Å². The Kier molecular flexibility index (Phi) is 5.91. The molecular formula is C28H25ClFNO5. The average molecular weight is 510 g/mol. The first-order valence-corrected chi connectivity index (χ1v) is 12.0. The van der Waals surface area contributed by atoms with E-state index in [2.05, 4.69) is 0 Å². The van der Waals surface area contributed by atoms with Gasteiger partial charge in [0.15, 0.2) is 11.5 Å². The molecule has 2 heterocycles. The molecule has 2 aliphatic heterocycles. The van der Waals surface area contributed by atoms with Gasteiger partial charge >= 0.3 is 5.97 Å². The van der Waals surface area contributed by atoms with E-state index in [4.69, 9.17) is 21.1 Å². The molecule has 0 radical (unpaired) electrons. The standard InChI is InChI=1S/C28H25ClFNO5/c1-28(2,3)20-8-6-17(14-21(20)29)31-25(15-4-9-22-23(12-15)36-11-10-35-22)24(27(33)34)18-7-5-16(30)13-19(18)26(31)32/h4-9,12-14,24-25H,10-11H2,1-3H3,(H,33,34). The third kappa shape index (κ3) is 4.07. The van der Waals surface area contributed by atoms with Crippen LogP contribution in [0.5, 0.6) is 11.5 Å². The van der Waals surface area contributed by atoms with E-state index < -0.39 is 29.7 Å². The summed E-state index contributed by atoms with van der Waals surface area (Å²) in [4.78, 5) is 28.0. The smallest absolute Gasteiger partial charge is 0.313 e. The number of fused-ring (bicyclic) bond motifs is 2. The van der Waals surface area contributed by atoms with Gasteiger partial charge in [-0.15, -0.1) is 0 Å². The topological polar surface area (TPSA) is 76.1 Å². The van der Waals surface area contributed by atoms with Crippen LogP contribution in [0.15, 0.2) is 54.6 Å².